The van der Waals surface area contributed by atoms with Gasteiger partial charge in [0.2, 0.25) is 0 Å². The highest BCUT2D eigenvalue weighted by Gasteiger charge is 2.43. The molecule has 5 heteroatoms. The van der Waals surface area contributed by atoms with Crippen molar-refractivity contribution in [2.24, 2.45) is 5.41 Å². The molecule has 2 amide bonds. The molecule has 1 unspecified atom stereocenters. The van der Waals surface area contributed by atoms with Crippen molar-refractivity contribution in [2.45, 2.75) is 6.42 Å². The summed E-state index contributed by atoms with van der Waals surface area (Å²) < 4.78 is 5.30. The minimum absolute atomic E-state index is 0.165. The van der Waals surface area contributed by atoms with Crippen LogP contribution < -0.4 is 5.32 Å². The van der Waals surface area contributed by atoms with E-state index in [0.717, 1.165) is 19.5 Å². The van der Waals surface area contributed by atoms with Crippen LogP contribution in [-0.4, -0.2) is 50.1 Å². The molecule has 1 N–H and O–H groups in total. The van der Waals surface area contributed by atoms with Crippen molar-refractivity contribution in [2.75, 3.05) is 33.4 Å². The van der Waals surface area contributed by atoms with E-state index in [-0.39, 0.29) is 17.2 Å². The first-order chi connectivity index (χ1) is 9.67. The summed E-state index contributed by atoms with van der Waals surface area (Å²) >= 11 is 0. The normalized spacial score (nSPS) is 25.4. The van der Waals surface area contributed by atoms with Gasteiger partial charge in [0.25, 0.3) is 11.8 Å². The van der Waals surface area contributed by atoms with Gasteiger partial charge in [0.1, 0.15) is 0 Å². The average molecular weight is 274 g/mol. The molecule has 2 aliphatic heterocycles. The number of rotatable bonds is 4. The van der Waals surface area contributed by atoms with Gasteiger partial charge in [-0.1, -0.05) is 12.1 Å². The van der Waals surface area contributed by atoms with Crippen molar-refractivity contribution < 1.29 is 14.3 Å². The first kappa shape index (κ1) is 13.3. The van der Waals surface area contributed by atoms with E-state index in [4.69, 9.17) is 4.74 Å². The standard InChI is InChI=1S/C15H18N2O3/c1-20-10-15(6-7-16-8-15)9-17-13(18)11-4-2-3-5-12(11)14(17)19/h2-5,16H,6-10H2,1H3. The summed E-state index contributed by atoms with van der Waals surface area (Å²) in [7, 11) is 1.66. The van der Waals surface area contributed by atoms with E-state index in [1.54, 1.807) is 31.4 Å². The summed E-state index contributed by atoms with van der Waals surface area (Å²) in [5, 5.41) is 3.29. The molecule has 1 fully saturated rings. The molecule has 1 saturated heterocycles. The van der Waals surface area contributed by atoms with Crippen LogP contribution in [0.3, 0.4) is 0 Å². The molecular weight excluding hydrogens is 256 g/mol. The number of amides is 2. The molecule has 0 aliphatic carbocycles. The Morgan fingerprint density at radius 3 is 2.40 bits per heavy atom. The highest BCUT2D eigenvalue weighted by molar-refractivity contribution is 6.21. The van der Waals surface area contributed by atoms with Crippen molar-refractivity contribution >= 4 is 11.8 Å². The molecule has 0 spiro atoms. The maximum atomic E-state index is 12.4. The van der Waals surface area contributed by atoms with E-state index in [2.05, 4.69) is 5.32 Å². The number of carbonyl (C=O) groups excluding carboxylic acids is 2. The number of hydrogen-bond acceptors (Lipinski definition) is 4. The Balaban J connectivity index is 1.86. The van der Waals surface area contributed by atoms with Gasteiger partial charge < -0.3 is 10.1 Å². The maximum Gasteiger partial charge on any atom is 0.261 e. The van der Waals surface area contributed by atoms with Gasteiger partial charge in [-0.3, -0.25) is 14.5 Å². The maximum absolute atomic E-state index is 12.4. The Hall–Kier alpha value is -1.72. The van der Waals surface area contributed by atoms with Gasteiger partial charge in [0.05, 0.1) is 17.7 Å². The smallest absolute Gasteiger partial charge is 0.261 e. The zero-order chi connectivity index (χ0) is 14.2. The van der Waals surface area contributed by atoms with Gasteiger partial charge in [-0.25, -0.2) is 0 Å². The molecule has 20 heavy (non-hydrogen) atoms. The topological polar surface area (TPSA) is 58.6 Å². The molecule has 2 heterocycles. The van der Waals surface area contributed by atoms with Crippen molar-refractivity contribution in [3.63, 3.8) is 0 Å². The number of imide groups is 1. The van der Waals surface area contributed by atoms with E-state index in [1.165, 1.54) is 4.90 Å². The predicted molar refractivity (Wildman–Crippen MR) is 73.6 cm³/mol. The van der Waals surface area contributed by atoms with Crippen LogP contribution in [0.4, 0.5) is 0 Å². The Bertz CT molecular complexity index is 515. The summed E-state index contributed by atoms with van der Waals surface area (Å²) in [5.41, 5.74) is 0.856. The van der Waals surface area contributed by atoms with Crippen LogP contribution >= 0.6 is 0 Å². The first-order valence-electron chi connectivity index (χ1n) is 6.82. The summed E-state index contributed by atoms with van der Waals surface area (Å²) in [6.45, 7) is 2.63. The third-order valence-corrected chi connectivity index (χ3v) is 4.15. The Labute approximate surface area is 117 Å². The van der Waals surface area contributed by atoms with Gasteiger partial charge in [0, 0.05) is 25.6 Å². The molecule has 106 valence electrons. The summed E-state index contributed by atoms with van der Waals surface area (Å²) in [6.07, 6.45) is 0.911. The number of ether oxygens (including phenoxy) is 1. The quantitative estimate of drug-likeness (QED) is 0.829. The van der Waals surface area contributed by atoms with E-state index in [0.29, 0.717) is 24.3 Å². The van der Waals surface area contributed by atoms with Crippen molar-refractivity contribution in [1.29, 1.82) is 0 Å². The van der Waals surface area contributed by atoms with Crippen molar-refractivity contribution in [3.8, 4) is 0 Å². The molecule has 1 aromatic carbocycles. The molecule has 0 saturated carbocycles. The lowest BCUT2D eigenvalue weighted by Gasteiger charge is -2.31. The highest BCUT2D eigenvalue weighted by Crippen LogP contribution is 2.31. The van der Waals surface area contributed by atoms with Gasteiger partial charge >= 0.3 is 0 Å². The molecule has 3 rings (SSSR count). The van der Waals surface area contributed by atoms with E-state index in [9.17, 15) is 9.59 Å². The molecule has 0 aromatic heterocycles. The largest absolute Gasteiger partial charge is 0.384 e. The minimum atomic E-state index is -0.187. The van der Waals surface area contributed by atoms with Gasteiger partial charge in [-0.15, -0.1) is 0 Å². The monoisotopic (exact) mass is 274 g/mol. The van der Waals surface area contributed by atoms with Crippen LogP contribution in [0, 0.1) is 5.41 Å². The Morgan fingerprint density at radius 2 is 1.90 bits per heavy atom. The number of carbonyl (C=O) groups is 2. The van der Waals surface area contributed by atoms with E-state index >= 15 is 0 Å². The van der Waals surface area contributed by atoms with Crippen molar-refractivity contribution in [1.82, 2.24) is 10.2 Å². The minimum Gasteiger partial charge on any atom is -0.384 e. The Morgan fingerprint density at radius 1 is 1.25 bits per heavy atom. The zero-order valence-corrected chi connectivity index (χ0v) is 11.5. The number of fused-ring (bicyclic) bond motifs is 1. The average Bonchev–Trinajstić information content (AvgIpc) is 3.00. The number of methoxy groups -OCH3 is 1. The third kappa shape index (κ3) is 2.03. The van der Waals surface area contributed by atoms with Gasteiger partial charge in [-0.2, -0.15) is 0 Å². The van der Waals surface area contributed by atoms with E-state index < -0.39 is 0 Å². The lowest BCUT2D eigenvalue weighted by molar-refractivity contribution is 0.0422. The van der Waals surface area contributed by atoms with Gasteiger partial charge in [-0.05, 0) is 25.1 Å². The van der Waals surface area contributed by atoms with Crippen LogP contribution in [-0.2, 0) is 4.74 Å². The molecular formula is C15H18N2O3. The lowest BCUT2D eigenvalue weighted by Crippen LogP contribution is -2.44. The number of nitrogens with zero attached hydrogens (tertiary/aromatic N) is 1. The lowest BCUT2D eigenvalue weighted by atomic mass is 9.87. The number of benzene rings is 1. The Kier molecular flexibility index (Phi) is 3.31. The summed E-state index contributed by atoms with van der Waals surface area (Å²) in [6, 6.07) is 7.00. The van der Waals surface area contributed by atoms with E-state index in [1.807, 2.05) is 0 Å². The SMILES string of the molecule is COCC1(CN2C(=O)c3ccccc3C2=O)CCNC1. The summed E-state index contributed by atoms with van der Waals surface area (Å²) in [5.74, 6) is -0.374. The highest BCUT2D eigenvalue weighted by atomic mass is 16.5. The fourth-order valence-corrected chi connectivity index (χ4v) is 3.12. The fourth-order valence-electron chi connectivity index (χ4n) is 3.12. The fraction of sp³-hybridized carbons (Fsp3) is 0.467. The molecule has 2 aliphatic rings. The number of hydrogen-bond donors (Lipinski definition) is 1. The van der Waals surface area contributed by atoms with Crippen molar-refractivity contribution in [3.05, 3.63) is 35.4 Å². The van der Waals surface area contributed by atoms with Crippen LogP contribution in [0.1, 0.15) is 27.1 Å². The second-order valence-corrected chi connectivity index (χ2v) is 5.60. The second kappa shape index (κ2) is 5.00. The molecule has 0 bridgehead atoms. The van der Waals surface area contributed by atoms with Crippen LogP contribution in [0.5, 0.6) is 0 Å². The predicted octanol–water partition coefficient (Wildman–Crippen LogP) is 0.909. The van der Waals surface area contributed by atoms with Crippen LogP contribution in [0.25, 0.3) is 0 Å². The molecule has 1 atom stereocenters. The third-order valence-electron chi connectivity index (χ3n) is 4.15. The van der Waals surface area contributed by atoms with Crippen LogP contribution in [0.15, 0.2) is 24.3 Å². The second-order valence-electron chi connectivity index (χ2n) is 5.60. The van der Waals surface area contributed by atoms with Crippen LogP contribution in [0.2, 0.25) is 0 Å². The summed E-state index contributed by atoms with van der Waals surface area (Å²) in [4.78, 5) is 26.1. The van der Waals surface area contributed by atoms with Gasteiger partial charge in [0.15, 0.2) is 0 Å². The molecule has 0 radical (unpaired) electrons. The first-order valence-corrected chi connectivity index (χ1v) is 6.82. The molecule has 1 aromatic rings. The zero-order valence-electron chi connectivity index (χ0n) is 11.5. The number of nitrogens with one attached hydrogen (secondary N) is 1. The molecule has 5 nitrogen and oxygen atoms in total.